The van der Waals surface area contributed by atoms with E-state index in [0.29, 0.717) is 35.6 Å². The molecule has 0 aliphatic carbocycles. The number of halogens is 2. The first-order valence-electron chi connectivity index (χ1n) is 14.9. The van der Waals surface area contributed by atoms with Crippen molar-refractivity contribution in [2.24, 2.45) is 0 Å². The Morgan fingerprint density at radius 2 is 1.79 bits per heavy atom. The van der Waals surface area contributed by atoms with Crippen LogP contribution >= 0.6 is 30.3 Å². The third-order valence-electron chi connectivity index (χ3n) is 8.49. The molecule has 252 valence electrons. The zero-order valence-electron chi connectivity index (χ0n) is 25.3. The minimum absolute atomic E-state index is 0.0520. The average Bonchev–Trinajstić information content (AvgIpc) is 3.79. The number of thiazole rings is 1. The number of hydrogen-bond acceptors (Lipinski definition) is 8. The predicted octanol–water partition coefficient (Wildman–Crippen LogP) is 4.60. The summed E-state index contributed by atoms with van der Waals surface area (Å²) >= 11 is 2.24. The molecule has 2 aliphatic heterocycles. The number of alkyl halides is 2. The predicted molar refractivity (Wildman–Crippen MR) is 176 cm³/mol. The lowest BCUT2D eigenvalue weighted by molar-refractivity contribution is -0.143. The molecule has 12 nitrogen and oxygen atoms in total. The molecule has 0 unspecified atom stereocenters. The number of benzene rings is 2. The average molecular weight is 718 g/mol. The van der Waals surface area contributed by atoms with E-state index in [0.717, 1.165) is 33.9 Å². The van der Waals surface area contributed by atoms with Gasteiger partial charge in [-0.15, -0.1) is 11.3 Å². The highest BCUT2D eigenvalue weighted by atomic mass is 32.1. The highest BCUT2D eigenvalue weighted by Gasteiger charge is 2.50. The van der Waals surface area contributed by atoms with Crippen LogP contribution in [0.5, 0.6) is 0 Å². The molecular formula is C31H30F2N5O7PS2. The van der Waals surface area contributed by atoms with Crippen LogP contribution in [0, 0.1) is 0 Å². The van der Waals surface area contributed by atoms with E-state index in [2.05, 4.69) is 15.6 Å². The lowest BCUT2D eigenvalue weighted by Crippen LogP contribution is -2.60. The van der Waals surface area contributed by atoms with Gasteiger partial charge in [-0.3, -0.25) is 23.7 Å². The van der Waals surface area contributed by atoms with E-state index >= 15 is 0 Å². The number of anilines is 1. The topological polar surface area (TPSA) is 169 Å². The molecule has 3 atom stereocenters. The fourth-order valence-electron chi connectivity index (χ4n) is 6.02. The van der Waals surface area contributed by atoms with E-state index in [-0.39, 0.29) is 28.8 Å². The number of nitrogens with zero attached hydrogens (tertiary/aromatic N) is 3. The Hall–Kier alpha value is -4.08. The number of fused-ring (bicyclic) bond motifs is 2. The molecule has 2 aromatic heterocycles. The van der Waals surface area contributed by atoms with Gasteiger partial charge in [0.1, 0.15) is 12.1 Å². The minimum atomic E-state index is -5.80. The molecule has 2 aliphatic rings. The Kier molecular flexibility index (Phi) is 9.22. The monoisotopic (exact) mass is 717 g/mol. The molecule has 2 fully saturated rings. The second-order valence-electron chi connectivity index (χ2n) is 11.6. The van der Waals surface area contributed by atoms with Crippen LogP contribution < -0.4 is 10.6 Å². The standard InChI is InChI=1S/C31H30F2N5O7PS2/c1-17(39)37-12-11-21-8-9-23(27(40)36-30-34-15-26(48-30)18-5-3-2-4-6-18)38(21)29(42)22(16-37)35-28(41)25-14-19-13-20(7-10-24(19)47-25)31(32,33)46(43,44)45/h2-7,10,13-15,21-23H,8-9,11-12,16H2,1H3,(H,35,41)(H,34,36,40)(H2,43,44,45)/t21-,22+,23+/m1/s1. The summed E-state index contributed by atoms with van der Waals surface area (Å²) in [6, 6.07) is 11.5. The first-order chi connectivity index (χ1) is 22.7. The molecule has 4 amide bonds. The van der Waals surface area contributed by atoms with E-state index in [4.69, 9.17) is 9.79 Å². The van der Waals surface area contributed by atoms with Gasteiger partial charge in [-0.1, -0.05) is 47.7 Å². The summed E-state index contributed by atoms with van der Waals surface area (Å²) in [5, 5.41) is 6.04. The van der Waals surface area contributed by atoms with Crippen molar-refractivity contribution in [1.82, 2.24) is 20.1 Å². The van der Waals surface area contributed by atoms with Gasteiger partial charge < -0.3 is 30.2 Å². The Morgan fingerprint density at radius 1 is 1.04 bits per heavy atom. The second kappa shape index (κ2) is 13.1. The highest BCUT2D eigenvalue weighted by molar-refractivity contribution is 7.52. The Morgan fingerprint density at radius 3 is 2.50 bits per heavy atom. The molecule has 4 heterocycles. The first kappa shape index (κ1) is 33.8. The maximum absolute atomic E-state index is 14.3. The van der Waals surface area contributed by atoms with E-state index in [1.807, 2.05) is 30.3 Å². The molecule has 4 aromatic rings. The fraction of sp³-hybridized carbons (Fsp3) is 0.323. The fourth-order valence-corrected chi connectivity index (χ4v) is 8.27. The molecule has 0 bridgehead atoms. The van der Waals surface area contributed by atoms with Gasteiger partial charge in [0.25, 0.3) is 5.91 Å². The maximum Gasteiger partial charge on any atom is 0.399 e. The van der Waals surface area contributed by atoms with Crippen LogP contribution in [-0.4, -0.2) is 79.4 Å². The van der Waals surface area contributed by atoms with Gasteiger partial charge in [-0.25, -0.2) is 4.98 Å². The van der Waals surface area contributed by atoms with Crippen molar-refractivity contribution < 1.29 is 42.3 Å². The quantitative estimate of drug-likeness (QED) is 0.201. The van der Waals surface area contributed by atoms with Crippen molar-refractivity contribution in [3.05, 3.63) is 71.2 Å². The van der Waals surface area contributed by atoms with Crippen LogP contribution in [0.4, 0.5) is 13.9 Å². The third kappa shape index (κ3) is 6.63. The SMILES string of the molecule is CC(=O)N1CC[C@H]2CC[C@@H](C(=O)Nc3ncc(-c4ccccc4)s3)N2C(=O)[C@@H](NC(=O)c2cc3cc(C(F)(F)P(=O)(O)O)ccc3s2)C1. The number of nitrogens with one attached hydrogen (secondary N) is 2. The highest BCUT2D eigenvalue weighted by Crippen LogP contribution is 2.59. The van der Waals surface area contributed by atoms with Gasteiger partial charge in [0, 0.05) is 42.5 Å². The Bertz CT molecular complexity index is 1950. The number of thiophene rings is 1. The zero-order chi connectivity index (χ0) is 34.4. The summed E-state index contributed by atoms with van der Waals surface area (Å²) in [5.41, 5.74) is -4.38. The number of carbonyl (C=O) groups excluding carboxylic acids is 4. The summed E-state index contributed by atoms with van der Waals surface area (Å²) in [7, 11) is -5.80. The van der Waals surface area contributed by atoms with Gasteiger partial charge in [0.2, 0.25) is 17.7 Å². The van der Waals surface area contributed by atoms with Gasteiger partial charge in [0.15, 0.2) is 5.13 Å². The van der Waals surface area contributed by atoms with Crippen LogP contribution in [0.3, 0.4) is 0 Å². The summed E-state index contributed by atoms with van der Waals surface area (Å²) in [4.78, 5) is 80.0. The van der Waals surface area contributed by atoms with Crippen LogP contribution in [0.25, 0.3) is 20.5 Å². The number of carbonyl (C=O) groups is 4. The van der Waals surface area contributed by atoms with Crippen molar-refractivity contribution >= 4 is 69.1 Å². The molecular weight excluding hydrogens is 687 g/mol. The summed E-state index contributed by atoms with van der Waals surface area (Å²) in [6.45, 7) is 1.52. The molecule has 2 aromatic carbocycles. The maximum atomic E-state index is 14.3. The molecule has 6 rings (SSSR count). The smallest absolute Gasteiger partial charge is 0.340 e. The van der Waals surface area contributed by atoms with E-state index in [1.165, 1.54) is 40.2 Å². The molecule has 17 heteroatoms. The van der Waals surface area contributed by atoms with Gasteiger partial charge in [-0.2, -0.15) is 8.78 Å². The number of aromatic nitrogens is 1. The van der Waals surface area contributed by atoms with Gasteiger partial charge in [0.05, 0.1) is 9.75 Å². The normalized spacial score (nSPS) is 20.3. The zero-order valence-corrected chi connectivity index (χ0v) is 27.9. The largest absolute Gasteiger partial charge is 0.399 e. The Balaban J connectivity index is 1.22. The van der Waals surface area contributed by atoms with Crippen LogP contribution in [0.1, 0.15) is 41.4 Å². The second-order valence-corrected chi connectivity index (χ2v) is 15.4. The van der Waals surface area contributed by atoms with Gasteiger partial charge in [-0.05, 0) is 48.4 Å². The summed E-state index contributed by atoms with van der Waals surface area (Å²) < 4.78 is 40.4. The molecule has 0 saturated carbocycles. The summed E-state index contributed by atoms with van der Waals surface area (Å²) in [5.74, 6) is -1.96. The van der Waals surface area contributed by atoms with Crippen LogP contribution in [-0.2, 0) is 24.6 Å². The third-order valence-corrected chi connectivity index (χ3v) is 11.6. The Labute approximate surface area is 280 Å². The van der Waals surface area contributed by atoms with Crippen molar-refractivity contribution in [2.45, 2.75) is 50.0 Å². The molecule has 2 saturated heterocycles. The first-order valence-corrected chi connectivity index (χ1v) is 18.2. The van der Waals surface area contributed by atoms with Crippen molar-refractivity contribution in [3.63, 3.8) is 0 Å². The lowest BCUT2D eigenvalue weighted by atomic mass is 10.1. The van der Waals surface area contributed by atoms with E-state index in [1.54, 1.807) is 6.20 Å². The minimum Gasteiger partial charge on any atom is -0.340 e. The molecule has 0 spiro atoms. The molecule has 0 radical (unpaired) electrons. The number of hydrogen-bond donors (Lipinski definition) is 4. The van der Waals surface area contributed by atoms with Crippen molar-refractivity contribution in [3.8, 4) is 10.4 Å². The molecule has 48 heavy (non-hydrogen) atoms. The van der Waals surface area contributed by atoms with Gasteiger partial charge >= 0.3 is 13.3 Å². The van der Waals surface area contributed by atoms with Crippen LogP contribution in [0.2, 0.25) is 0 Å². The van der Waals surface area contributed by atoms with Crippen molar-refractivity contribution in [2.75, 3.05) is 18.4 Å². The number of rotatable bonds is 7. The van der Waals surface area contributed by atoms with E-state index < -0.39 is 48.6 Å². The molecule has 4 N–H and O–H groups in total. The lowest BCUT2D eigenvalue weighted by Gasteiger charge is -2.38. The van der Waals surface area contributed by atoms with Crippen LogP contribution in [0.15, 0.2) is 60.8 Å². The summed E-state index contributed by atoms with van der Waals surface area (Å²) in [6.07, 6.45) is 3.00. The van der Waals surface area contributed by atoms with Crippen molar-refractivity contribution in [1.29, 1.82) is 0 Å². The van der Waals surface area contributed by atoms with E-state index in [9.17, 15) is 32.5 Å². The number of amides is 4.